The molecule has 0 aromatic rings. The van der Waals surface area contributed by atoms with E-state index in [0.29, 0.717) is 0 Å². The van der Waals surface area contributed by atoms with Crippen LogP contribution in [-0.2, 0) is 0 Å². The lowest BCUT2D eigenvalue weighted by molar-refractivity contribution is 0.378. The monoisotopic (exact) mass is 182 g/mol. The first-order chi connectivity index (χ1) is 6.24. The lowest BCUT2D eigenvalue weighted by atomic mass is 10.1. The Hall–Kier alpha value is -0.0800. The molecular formula is C11H22N2. The van der Waals surface area contributed by atoms with E-state index in [0.717, 1.165) is 18.0 Å². The molecule has 0 radical (unpaired) electrons. The molecule has 1 heterocycles. The molecule has 2 heteroatoms. The second kappa shape index (κ2) is 3.97. The maximum absolute atomic E-state index is 3.80. The van der Waals surface area contributed by atoms with E-state index in [2.05, 4.69) is 24.2 Å². The van der Waals surface area contributed by atoms with Crippen LogP contribution >= 0.6 is 0 Å². The molecule has 13 heavy (non-hydrogen) atoms. The van der Waals surface area contributed by atoms with Gasteiger partial charge in [0.1, 0.15) is 0 Å². The Balaban J connectivity index is 1.72. The average Bonchev–Trinajstić information content (AvgIpc) is 2.62. The smallest absolute Gasteiger partial charge is 0.0209 e. The molecule has 1 N–H and O–H groups in total. The Bertz CT molecular complexity index is 151. The normalized spacial score (nSPS) is 41.5. The fourth-order valence-electron chi connectivity index (χ4n) is 2.76. The summed E-state index contributed by atoms with van der Waals surface area (Å²) in [6.45, 7) is 4.91. The van der Waals surface area contributed by atoms with Gasteiger partial charge in [-0.15, -0.1) is 0 Å². The van der Waals surface area contributed by atoms with Gasteiger partial charge in [0.15, 0.2) is 0 Å². The van der Waals surface area contributed by atoms with Crippen LogP contribution in [-0.4, -0.2) is 37.1 Å². The van der Waals surface area contributed by atoms with Crippen molar-refractivity contribution >= 4 is 0 Å². The van der Waals surface area contributed by atoms with Gasteiger partial charge in [0.25, 0.3) is 0 Å². The quantitative estimate of drug-likeness (QED) is 0.695. The van der Waals surface area contributed by atoms with Gasteiger partial charge in [-0.2, -0.15) is 0 Å². The molecule has 76 valence electrons. The van der Waals surface area contributed by atoms with Crippen molar-refractivity contribution < 1.29 is 0 Å². The second-order valence-electron chi connectivity index (χ2n) is 5.03. The average molecular weight is 182 g/mol. The van der Waals surface area contributed by atoms with Crippen LogP contribution in [0.5, 0.6) is 0 Å². The largest absolute Gasteiger partial charge is 0.310 e. The molecule has 1 aliphatic heterocycles. The first-order valence-corrected chi connectivity index (χ1v) is 5.68. The molecule has 1 aliphatic carbocycles. The highest BCUT2D eigenvalue weighted by atomic mass is 15.2. The number of nitrogens with one attached hydrogen (secondary N) is 1. The number of hydrogen-bond donors (Lipinski definition) is 1. The lowest BCUT2D eigenvalue weighted by Gasteiger charge is -2.18. The van der Waals surface area contributed by atoms with Crippen LogP contribution in [0.15, 0.2) is 0 Å². The highest BCUT2D eigenvalue weighted by Gasteiger charge is 2.26. The standard InChI is InChI=1S/C11H22N2/c1-9-3-4-10(7-9)12-11-5-6-13(2)8-11/h9-12H,3-8H2,1-2H3. The summed E-state index contributed by atoms with van der Waals surface area (Å²) < 4.78 is 0. The highest BCUT2D eigenvalue weighted by molar-refractivity contribution is 4.86. The Morgan fingerprint density at radius 3 is 2.54 bits per heavy atom. The minimum Gasteiger partial charge on any atom is -0.310 e. The summed E-state index contributed by atoms with van der Waals surface area (Å²) in [6.07, 6.45) is 5.59. The Morgan fingerprint density at radius 1 is 1.15 bits per heavy atom. The van der Waals surface area contributed by atoms with E-state index in [1.807, 2.05) is 0 Å². The van der Waals surface area contributed by atoms with E-state index in [1.165, 1.54) is 38.8 Å². The summed E-state index contributed by atoms with van der Waals surface area (Å²) >= 11 is 0. The number of hydrogen-bond acceptors (Lipinski definition) is 2. The van der Waals surface area contributed by atoms with Gasteiger partial charge in [-0.3, -0.25) is 0 Å². The van der Waals surface area contributed by atoms with Crippen LogP contribution in [0.1, 0.15) is 32.6 Å². The van der Waals surface area contributed by atoms with Crippen molar-refractivity contribution in [3.63, 3.8) is 0 Å². The predicted molar refractivity (Wildman–Crippen MR) is 55.8 cm³/mol. The van der Waals surface area contributed by atoms with E-state index >= 15 is 0 Å². The molecule has 2 aliphatic rings. The van der Waals surface area contributed by atoms with Crippen molar-refractivity contribution in [2.75, 3.05) is 20.1 Å². The zero-order chi connectivity index (χ0) is 9.26. The first-order valence-electron chi connectivity index (χ1n) is 5.68. The van der Waals surface area contributed by atoms with Gasteiger partial charge in [0.05, 0.1) is 0 Å². The van der Waals surface area contributed by atoms with Crippen LogP contribution in [0, 0.1) is 5.92 Å². The molecule has 0 bridgehead atoms. The van der Waals surface area contributed by atoms with E-state index < -0.39 is 0 Å². The molecule has 0 spiro atoms. The third-order valence-corrected chi connectivity index (χ3v) is 3.56. The Labute approximate surface area is 81.7 Å². The van der Waals surface area contributed by atoms with Gasteiger partial charge in [-0.25, -0.2) is 0 Å². The fraction of sp³-hybridized carbons (Fsp3) is 1.00. The summed E-state index contributed by atoms with van der Waals surface area (Å²) in [6, 6.07) is 1.60. The number of likely N-dealkylation sites (tertiary alicyclic amines) is 1. The van der Waals surface area contributed by atoms with Gasteiger partial charge >= 0.3 is 0 Å². The number of nitrogens with zero attached hydrogens (tertiary/aromatic N) is 1. The van der Waals surface area contributed by atoms with Crippen LogP contribution < -0.4 is 5.32 Å². The summed E-state index contributed by atoms with van der Waals surface area (Å²) in [5.74, 6) is 0.955. The fourth-order valence-corrected chi connectivity index (χ4v) is 2.76. The molecule has 2 rings (SSSR count). The Kier molecular flexibility index (Phi) is 2.89. The van der Waals surface area contributed by atoms with Crippen molar-refractivity contribution in [3.05, 3.63) is 0 Å². The number of likely N-dealkylation sites (N-methyl/N-ethyl adjacent to an activating group) is 1. The summed E-state index contributed by atoms with van der Waals surface area (Å²) in [5, 5.41) is 3.80. The van der Waals surface area contributed by atoms with Gasteiger partial charge < -0.3 is 10.2 Å². The van der Waals surface area contributed by atoms with E-state index in [1.54, 1.807) is 0 Å². The SMILES string of the molecule is CC1CCC(NC2CCN(C)C2)C1. The maximum atomic E-state index is 3.80. The lowest BCUT2D eigenvalue weighted by Crippen LogP contribution is -2.38. The minimum atomic E-state index is 0.778. The molecule has 1 saturated heterocycles. The van der Waals surface area contributed by atoms with Gasteiger partial charge in [-0.05, 0) is 45.2 Å². The molecule has 2 nitrogen and oxygen atoms in total. The molecule has 3 unspecified atom stereocenters. The van der Waals surface area contributed by atoms with Gasteiger partial charge in [-0.1, -0.05) is 6.92 Å². The summed E-state index contributed by atoms with van der Waals surface area (Å²) in [4.78, 5) is 2.43. The van der Waals surface area contributed by atoms with E-state index in [4.69, 9.17) is 0 Å². The second-order valence-corrected chi connectivity index (χ2v) is 5.03. The van der Waals surface area contributed by atoms with Crippen molar-refractivity contribution in [1.29, 1.82) is 0 Å². The minimum absolute atomic E-state index is 0.778. The molecule has 0 amide bonds. The van der Waals surface area contributed by atoms with Gasteiger partial charge in [0, 0.05) is 18.6 Å². The van der Waals surface area contributed by atoms with Crippen molar-refractivity contribution in [2.45, 2.75) is 44.7 Å². The zero-order valence-corrected chi connectivity index (χ0v) is 8.92. The highest BCUT2D eigenvalue weighted by Crippen LogP contribution is 2.25. The molecular weight excluding hydrogens is 160 g/mol. The van der Waals surface area contributed by atoms with Crippen LogP contribution in [0.25, 0.3) is 0 Å². The maximum Gasteiger partial charge on any atom is 0.0209 e. The van der Waals surface area contributed by atoms with Gasteiger partial charge in [0.2, 0.25) is 0 Å². The van der Waals surface area contributed by atoms with E-state index in [-0.39, 0.29) is 0 Å². The van der Waals surface area contributed by atoms with Crippen molar-refractivity contribution in [1.82, 2.24) is 10.2 Å². The first kappa shape index (κ1) is 9.47. The molecule has 2 fully saturated rings. The predicted octanol–water partition coefficient (Wildman–Crippen LogP) is 1.47. The van der Waals surface area contributed by atoms with Crippen LogP contribution in [0.2, 0.25) is 0 Å². The molecule has 0 aromatic heterocycles. The van der Waals surface area contributed by atoms with Crippen LogP contribution in [0.4, 0.5) is 0 Å². The van der Waals surface area contributed by atoms with Crippen molar-refractivity contribution in [2.24, 2.45) is 5.92 Å². The summed E-state index contributed by atoms with van der Waals surface area (Å²) in [5.41, 5.74) is 0. The third-order valence-electron chi connectivity index (χ3n) is 3.56. The van der Waals surface area contributed by atoms with E-state index in [9.17, 15) is 0 Å². The molecule has 3 atom stereocenters. The number of rotatable bonds is 2. The molecule has 1 saturated carbocycles. The zero-order valence-electron chi connectivity index (χ0n) is 8.92. The van der Waals surface area contributed by atoms with Crippen LogP contribution in [0.3, 0.4) is 0 Å². The van der Waals surface area contributed by atoms with Crippen molar-refractivity contribution in [3.8, 4) is 0 Å². The Morgan fingerprint density at radius 2 is 2.00 bits per heavy atom. The molecule has 0 aromatic carbocycles. The summed E-state index contributed by atoms with van der Waals surface area (Å²) in [7, 11) is 2.22. The third kappa shape index (κ3) is 2.44. The topological polar surface area (TPSA) is 15.3 Å².